The fraction of sp³-hybridized carbons (Fsp3) is 0.529. The topological polar surface area (TPSA) is 69.6 Å². The summed E-state index contributed by atoms with van der Waals surface area (Å²) in [5, 5.41) is 12.0. The van der Waals surface area contributed by atoms with E-state index in [1.807, 2.05) is 19.1 Å². The lowest BCUT2D eigenvalue weighted by atomic mass is 9.97. The molecule has 0 aromatic heterocycles. The number of aliphatic carboxylic acids is 1. The van der Waals surface area contributed by atoms with E-state index in [1.54, 1.807) is 4.90 Å². The Hall–Kier alpha value is -2.04. The number of nitrogens with zero attached hydrogens (tertiary/aromatic N) is 1. The minimum absolute atomic E-state index is 0.0596. The van der Waals surface area contributed by atoms with Gasteiger partial charge in [0, 0.05) is 13.1 Å². The Bertz CT molecular complexity index is 519. The van der Waals surface area contributed by atoms with E-state index >= 15 is 0 Å². The molecule has 0 saturated carbocycles. The third kappa shape index (κ3) is 4.00. The van der Waals surface area contributed by atoms with Gasteiger partial charge in [-0.05, 0) is 37.3 Å². The zero-order chi connectivity index (χ0) is 16.1. The molecule has 22 heavy (non-hydrogen) atoms. The maximum atomic E-state index is 12.2. The summed E-state index contributed by atoms with van der Waals surface area (Å²) in [6, 6.07) is 8.07. The summed E-state index contributed by atoms with van der Waals surface area (Å²) in [4.78, 5) is 24.9. The summed E-state index contributed by atoms with van der Waals surface area (Å²) < 4.78 is 0. The second-order valence-electron chi connectivity index (χ2n) is 5.87. The van der Waals surface area contributed by atoms with Crippen molar-refractivity contribution < 1.29 is 14.7 Å². The van der Waals surface area contributed by atoms with Crippen LogP contribution in [0.4, 0.5) is 4.79 Å². The number of benzene rings is 1. The van der Waals surface area contributed by atoms with Gasteiger partial charge in [0.15, 0.2) is 0 Å². The van der Waals surface area contributed by atoms with Crippen molar-refractivity contribution in [1.29, 1.82) is 0 Å². The first-order valence-corrected chi connectivity index (χ1v) is 7.88. The van der Waals surface area contributed by atoms with Crippen molar-refractivity contribution in [1.82, 2.24) is 10.2 Å². The molecule has 1 unspecified atom stereocenters. The maximum absolute atomic E-state index is 12.2. The largest absolute Gasteiger partial charge is 0.481 e. The van der Waals surface area contributed by atoms with Crippen LogP contribution in [-0.2, 0) is 11.2 Å². The molecule has 2 amide bonds. The fourth-order valence-electron chi connectivity index (χ4n) is 2.73. The average molecular weight is 304 g/mol. The summed E-state index contributed by atoms with van der Waals surface area (Å²) in [6.45, 7) is 5.08. The molecule has 1 aromatic rings. The van der Waals surface area contributed by atoms with Crippen LogP contribution >= 0.6 is 0 Å². The molecule has 0 aliphatic carbocycles. The van der Waals surface area contributed by atoms with Gasteiger partial charge < -0.3 is 15.3 Å². The van der Waals surface area contributed by atoms with E-state index in [2.05, 4.69) is 24.4 Å². The maximum Gasteiger partial charge on any atom is 0.317 e. The molecule has 2 N–H and O–H groups in total. The zero-order valence-corrected chi connectivity index (χ0v) is 13.2. The first-order valence-electron chi connectivity index (χ1n) is 7.88. The van der Waals surface area contributed by atoms with E-state index in [0.717, 1.165) is 12.0 Å². The van der Waals surface area contributed by atoms with Gasteiger partial charge in [0.05, 0.1) is 12.0 Å². The van der Waals surface area contributed by atoms with E-state index in [9.17, 15) is 9.59 Å². The Morgan fingerprint density at radius 3 is 2.36 bits per heavy atom. The van der Waals surface area contributed by atoms with Gasteiger partial charge in [0.2, 0.25) is 0 Å². The summed E-state index contributed by atoms with van der Waals surface area (Å²) in [5.41, 5.74) is 2.35. The number of nitrogens with one attached hydrogen (secondary N) is 1. The SMILES string of the molecule is CCc1ccc(C(C)NC(=O)N2CCC(C(=O)O)CC2)cc1. The number of carbonyl (C=O) groups excluding carboxylic acids is 1. The quantitative estimate of drug-likeness (QED) is 0.898. The highest BCUT2D eigenvalue weighted by Gasteiger charge is 2.27. The van der Waals surface area contributed by atoms with Crippen molar-refractivity contribution in [2.45, 2.75) is 39.2 Å². The first-order chi connectivity index (χ1) is 10.5. The highest BCUT2D eigenvalue weighted by atomic mass is 16.4. The van der Waals surface area contributed by atoms with Crippen molar-refractivity contribution in [3.05, 3.63) is 35.4 Å². The molecule has 2 rings (SSSR count). The van der Waals surface area contributed by atoms with Gasteiger partial charge in [0.1, 0.15) is 0 Å². The van der Waals surface area contributed by atoms with E-state index in [4.69, 9.17) is 5.11 Å². The summed E-state index contributed by atoms with van der Waals surface area (Å²) in [6.07, 6.45) is 2.06. The second-order valence-corrected chi connectivity index (χ2v) is 5.87. The van der Waals surface area contributed by atoms with E-state index < -0.39 is 5.97 Å². The van der Waals surface area contributed by atoms with Gasteiger partial charge >= 0.3 is 12.0 Å². The van der Waals surface area contributed by atoms with Crippen molar-refractivity contribution in [2.75, 3.05) is 13.1 Å². The minimum atomic E-state index is -0.760. The number of amides is 2. The Morgan fingerprint density at radius 2 is 1.86 bits per heavy atom. The summed E-state index contributed by atoms with van der Waals surface area (Å²) >= 11 is 0. The van der Waals surface area contributed by atoms with Crippen molar-refractivity contribution >= 4 is 12.0 Å². The number of rotatable bonds is 4. The van der Waals surface area contributed by atoms with E-state index in [1.165, 1.54) is 5.56 Å². The monoisotopic (exact) mass is 304 g/mol. The van der Waals surface area contributed by atoms with Gasteiger partial charge in [-0.25, -0.2) is 4.79 Å². The minimum Gasteiger partial charge on any atom is -0.481 e. The third-order valence-corrected chi connectivity index (χ3v) is 4.36. The van der Waals surface area contributed by atoms with E-state index in [0.29, 0.717) is 25.9 Å². The lowest BCUT2D eigenvalue weighted by Crippen LogP contribution is -2.46. The van der Waals surface area contributed by atoms with Gasteiger partial charge in [-0.2, -0.15) is 0 Å². The van der Waals surface area contributed by atoms with Crippen LogP contribution in [0.2, 0.25) is 0 Å². The van der Waals surface area contributed by atoms with Gasteiger partial charge in [-0.3, -0.25) is 4.79 Å². The zero-order valence-electron chi connectivity index (χ0n) is 13.2. The van der Waals surface area contributed by atoms with Crippen LogP contribution in [0.25, 0.3) is 0 Å². The van der Waals surface area contributed by atoms with Gasteiger partial charge in [-0.1, -0.05) is 31.2 Å². The molecular formula is C17H24N2O3. The summed E-state index contributed by atoms with van der Waals surface area (Å²) in [7, 11) is 0. The van der Waals surface area contributed by atoms with Crippen LogP contribution < -0.4 is 5.32 Å². The first kappa shape index (κ1) is 16.3. The highest BCUT2D eigenvalue weighted by molar-refractivity contribution is 5.75. The number of likely N-dealkylation sites (tertiary alicyclic amines) is 1. The second kappa shape index (κ2) is 7.29. The lowest BCUT2D eigenvalue weighted by Gasteiger charge is -2.31. The van der Waals surface area contributed by atoms with Crippen LogP contribution in [0.3, 0.4) is 0 Å². The predicted octanol–water partition coefficient (Wildman–Crippen LogP) is 2.82. The normalized spacial score (nSPS) is 17.1. The van der Waals surface area contributed by atoms with Crippen LogP contribution in [0.15, 0.2) is 24.3 Å². The molecule has 0 radical (unpaired) electrons. The Labute approximate surface area is 131 Å². The number of hydrogen-bond acceptors (Lipinski definition) is 2. The molecule has 5 heteroatoms. The van der Waals surface area contributed by atoms with Crippen molar-refractivity contribution in [2.24, 2.45) is 5.92 Å². The molecule has 120 valence electrons. The molecule has 1 atom stereocenters. The average Bonchev–Trinajstić information content (AvgIpc) is 2.54. The number of carboxylic acid groups (broad SMARTS) is 1. The van der Waals surface area contributed by atoms with E-state index in [-0.39, 0.29) is 18.0 Å². The smallest absolute Gasteiger partial charge is 0.317 e. The Kier molecular flexibility index (Phi) is 5.41. The van der Waals surface area contributed by atoms with Crippen LogP contribution in [0, 0.1) is 5.92 Å². The standard InChI is InChI=1S/C17H24N2O3/c1-3-13-4-6-14(7-5-13)12(2)18-17(22)19-10-8-15(9-11-19)16(20)21/h4-7,12,15H,3,8-11H2,1-2H3,(H,18,22)(H,20,21). The summed E-state index contributed by atoms with van der Waals surface area (Å²) in [5.74, 6) is -1.08. The van der Waals surface area contributed by atoms with Crippen LogP contribution in [0.5, 0.6) is 0 Å². The van der Waals surface area contributed by atoms with Crippen LogP contribution in [-0.4, -0.2) is 35.1 Å². The van der Waals surface area contributed by atoms with Gasteiger partial charge in [0.25, 0.3) is 0 Å². The van der Waals surface area contributed by atoms with Crippen molar-refractivity contribution in [3.8, 4) is 0 Å². The Morgan fingerprint density at radius 1 is 1.27 bits per heavy atom. The third-order valence-electron chi connectivity index (χ3n) is 4.36. The number of carboxylic acids is 1. The number of urea groups is 1. The molecule has 1 aliphatic heterocycles. The number of piperidine rings is 1. The number of aryl methyl sites for hydroxylation is 1. The molecular weight excluding hydrogens is 280 g/mol. The molecule has 5 nitrogen and oxygen atoms in total. The molecule has 1 aromatic carbocycles. The lowest BCUT2D eigenvalue weighted by molar-refractivity contribution is -0.143. The number of hydrogen-bond donors (Lipinski definition) is 2. The van der Waals surface area contributed by atoms with Crippen molar-refractivity contribution in [3.63, 3.8) is 0 Å². The molecule has 0 spiro atoms. The fourth-order valence-corrected chi connectivity index (χ4v) is 2.73. The number of carbonyl (C=O) groups is 2. The Balaban J connectivity index is 1.87. The predicted molar refractivity (Wildman–Crippen MR) is 84.7 cm³/mol. The van der Waals surface area contributed by atoms with Gasteiger partial charge in [-0.15, -0.1) is 0 Å². The molecule has 1 aliphatic rings. The van der Waals surface area contributed by atoms with Crippen LogP contribution in [0.1, 0.15) is 43.9 Å². The molecule has 1 fully saturated rings. The highest BCUT2D eigenvalue weighted by Crippen LogP contribution is 2.19. The molecule has 1 heterocycles. The molecule has 0 bridgehead atoms. The molecule has 1 saturated heterocycles.